The van der Waals surface area contributed by atoms with E-state index < -0.39 is 17.7 Å². The van der Waals surface area contributed by atoms with Crippen molar-refractivity contribution in [3.8, 4) is 17.2 Å². The molecule has 40 heavy (non-hydrogen) atoms. The molecule has 1 aliphatic rings. The number of carbonyl (C=O) groups is 2. The SMILES string of the molecule is C=CCOc1ccc(C(O)=C2C(=O)C(=O)N(Cc3cccnc3)C2c2cccc(Oc3ccccc3)c2)cc1C. The first kappa shape index (κ1) is 26.4. The number of aliphatic hydroxyl groups is 1. The summed E-state index contributed by atoms with van der Waals surface area (Å²) in [5.74, 6) is 0.104. The fourth-order valence-electron chi connectivity index (χ4n) is 4.71. The molecule has 1 amide bonds. The van der Waals surface area contributed by atoms with Gasteiger partial charge in [0.2, 0.25) is 0 Å². The summed E-state index contributed by atoms with van der Waals surface area (Å²) in [6, 6.07) is 24.4. The summed E-state index contributed by atoms with van der Waals surface area (Å²) in [5.41, 5.74) is 2.56. The van der Waals surface area contributed by atoms with Crippen molar-refractivity contribution < 1.29 is 24.2 Å². The van der Waals surface area contributed by atoms with E-state index in [1.165, 1.54) is 4.90 Å². The van der Waals surface area contributed by atoms with Crippen LogP contribution in [0.3, 0.4) is 0 Å². The molecule has 5 rings (SSSR count). The van der Waals surface area contributed by atoms with Crippen LogP contribution >= 0.6 is 0 Å². The molecule has 0 radical (unpaired) electrons. The Morgan fingerprint density at radius 1 is 1.00 bits per heavy atom. The summed E-state index contributed by atoms with van der Waals surface area (Å²) in [6.45, 7) is 5.98. The molecular formula is C33H28N2O5. The first-order valence-corrected chi connectivity index (χ1v) is 12.8. The molecule has 2 heterocycles. The number of likely N-dealkylation sites (tertiary alicyclic amines) is 1. The van der Waals surface area contributed by atoms with Gasteiger partial charge in [-0.2, -0.15) is 0 Å². The van der Waals surface area contributed by atoms with Crippen LogP contribution in [0, 0.1) is 6.92 Å². The minimum absolute atomic E-state index is 0.00455. The number of ether oxygens (including phenoxy) is 2. The fourth-order valence-corrected chi connectivity index (χ4v) is 4.71. The smallest absolute Gasteiger partial charge is 0.295 e. The van der Waals surface area contributed by atoms with E-state index in [4.69, 9.17) is 9.47 Å². The maximum Gasteiger partial charge on any atom is 0.295 e. The molecule has 1 N–H and O–H groups in total. The predicted octanol–water partition coefficient (Wildman–Crippen LogP) is 6.37. The van der Waals surface area contributed by atoms with Gasteiger partial charge in [0.15, 0.2) is 0 Å². The average molecular weight is 533 g/mol. The maximum atomic E-state index is 13.5. The Kier molecular flexibility index (Phi) is 7.73. The van der Waals surface area contributed by atoms with Crippen molar-refractivity contribution in [2.24, 2.45) is 0 Å². The second-order valence-corrected chi connectivity index (χ2v) is 9.36. The molecule has 4 aromatic rings. The molecule has 0 bridgehead atoms. The molecule has 1 saturated heterocycles. The molecule has 200 valence electrons. The van der Waals surface area contributed by atoms with E-state index in [0.717, 1.165) is 11.1 Å². The highest BCUT2D eigenvalue weighted by molar-refractivity contribution is 6.46. The Morgan fingerprint density at radius 3 is 2.52 bits per heavy atom. The lowest BCUT2D eigenvalue weighted by Crippen LogP contribution is -2.29. The number of carbonyl (C=O) groups excluding carboxylic acids is 2. The summed E-state index contributed by atoms with van der Waals surface area (Å²) in [4.78, 5) is 32.5. The number of amides is 1. The minimum Gasteiger partial charge on any atom is -0.507 e. The van der Waals surface area contributed by atoms with Crippen LogP contribution < -0.4 is 9.47 Å². The van der Waals surface area contributed by atoms with E-state index in [9.17, 15) is 14.7 Å². The van der Waals surface area contributed by atoms with E-state index in [0.29, 0.717) is 35.0 Å². The number of ketones is 1. The van der Waals surface area contributed by atoms with Gasteiger partial charge in [0.1, 0.15) is 29.6 Å². The molecule has 1 unspecified atom stereocenters. The van der Waals surface area contributed by atoms with Gasteiger partial charge in [0.25, 0.3) is 11.7 Å². The summed E-state index contributed by atoms with van der Waals surface area (Å²) in [6.07, 6.45) is 4.94. The van der Waals surface area contributed by atoms with E-state index in [2.05, 4.69) is 11.6 Å². The van der Waals surface area contributed by atoms with Gasteiger partial charge < -0.3 is 19.5 Å². The zero-order valence-electron chi connectivity index (χ0n) is 22.0. The van der Waals surface area contributed by atoms with Gasteiger partial charge in [0.05, 0.1) is 11.6 Å². The van der Waals surface area contributed by atoms with E-state index >= 15 is 0 Å². The zero-order chi connectivity index (χ0) is 28.1. The third-order valence-corrected chi connectivity index (χ3v) is 6.57. The number of hydrogen-bond acceptors (Lipinski definition) is 6. The lowest BCUT2D eigenvalue weighted by Gasteiger charge is -2.25. The van der Waals surface area contributed by atoms with Gasteiger partial charge in [-0.25, -0.2) is 0 Å². The van der Waals surface area contributed by atoms with Crippen molar-refractivity contribution in [1.29, 1.82) is 0 Å². The first-order valence-electron chi connectivity index (χ1n) is 12.8. The van der Waals surface area contributed by atoms with Crippen LogP contribution in [-0.2, 0) is 16.1 Å². The van der Waals surface area contributed by atoms with Crippen LogP contribution in [0.15, 0.2) is 116 Å². The molecule has 0 spiro atoms. The summed E-state index contributed by atoms with van der Waals surface area (Å²) < 4.78 is 11.7. The highest BCUT2D eigenvalue weighted by Gasteiger charge is 2.46. The number of nitrogens with zero attached hydrogens (tertiary/aromatic N) is 2. The topological polar surface area (TPSA) is 89.0 Å². The Morgan fingerprint density at radius 2 is 1.80 bits per heavy atom. The van der Waals surface area contributed by atoms with Crippen LogP contribution in [0.5, 0.6) is 17.2 Å². The standard InChI is InChI=1S/C33H28N2O5/c1-3-17-39-28-15-14-25(18-22(28)2)31(36)29-30(35(33(38)32(29)37)21-23-9-8-16-34-20-23)24-10-7-13-27(19-24)40-26-11-5-4-6-12-26/h3-16,18-20,30,36H,1,17,21H2,2H3. The third kappa shape index (κ3) is 5.49. The highest BCUT2D eigenvalue weighted by atomic mass is 16.5. The maximum absolute atomic E-state index is 13.5. The number of hydrogen-bond donors (Lipinski definition) is 1. The van der Waals surface area contributed by atoms with Crippen LogP contribution in [0.1, 0.15) is 28.3 Å². The monoisotopic (exact) mass is 532 g/mol. The molecule has 1 atom stereocenters. The lowest BCUT2D eigenvalue weighted by atomic mass is 9.94. The first-order chi connectivity index (χ1) is 19.5. The molecule has 0 saturated carbocycles. The molecule has 3 aromatic carbocycles. The molecule has 1 aromatic heterocycles. The van der Waals surface area contributed by atoms with Crippen molar-refractivity contribution in [2.45, 2.75) is 19.5 Å². The van der Waals surface area contributed by atoms with Crippen molar-refractivity contribution in [1.82, 2.24) is 9.88 Å². The van der Waals surface area contributed by atoms with Crippen molar-refractivity contribution in [3.05, 3.63) is 138 Å². The number of aryl methyl sites for hydroxylation is 1. The number of aromatic nitrogens is 1. The summed E-state index contributed by atoms with van der Waals surface area (Å²) in [5, 5.41) is 11.5. The Hall–Kier alpha value is -5.17. The quantitative estimate of drug-likeness (QED) is 0.117. The molecular weight excluding hydrogens is 504 g/mol. The Balaban J connectivity index is 1.60. The van der Waals surface area contributed by atoms with Gasteiger partial charge in [0, 0.05) is 24.5 Å². The van der Waals surface area contributed by atoms with E-state index in [1.54, 1.807) is 60.9 Å². The molecule has 0 aliphatic carbocycles. The van der Waals surface area contributed by atoms with Gasteiger partial charge in [-0.15, -0.1) is 0 Å². The van der Waals surface area contributed by atoms with E-state index in [1.807, 2.05) is 49.4 Å². The van der Waals surface area contributed by atoms with Crippen molar-refractivity contribution in [2.75, 3.05) is 6.61 Å². The third-order valence-electron chi connectivity index (χ3n) is 6.57. The normalized spacial score (nSPS) is 16.1. The highest BCUT2D eigenvalue weighted by Crippen LogP contribution is 2.41. The fraction of sp³-hybridized carbons (Fsp3) is 0.121. The largest absolute Gasteiger partial charge is 0.507 e. The minimum atomic E-state index is -0.850. The number of pyridine rings is 1. The summed E-state index contributed by atoms with van der Waals surface area (Å²) in [7, 11) is 0. The molecule has 7 heteroatoms. The van der Waals surface area contributed by atoms with Gasteiger partial charge >= 0.3 is 0 Å². The number of benzene rings is 3. The van der Waals surface area contributed by atoms with Gasteiger partial charge in [-0.3, -0.25) is 14.6 Å². The number of para-hydroxylation sites is 1. The lowest BCUT2D eigenvalue weighted by molar-refractivity contribution is -0.140. The molecule has 1 aliphatic heterocycles. The number of Topliss-reactive ketones (excluding diaryl/α,β-unsaturated/α-hetero) is 1. The van der Waals surface area contributed by atoms with Gasteiger partial charge in [-0.05, 0) is 72.1 Å². The van der Waals surface area contributed by atoms with Crippen molar-refractivity contribution >= 4 is 17.4 Å². The average Bonchev–Trinajstić information content (AvgIpc) is 3.22. The number of rotatable bonds is 9. The van der Waals surface area contributed by atoms with E-state index in [-0.39, 0.29) is 17.9 Å². The molecule has 7 nitrogen and oxygen atoms in total. The van der Waals surface area contributed by atoms with Crippen LogP contribution in [0.4, 0.5) is 0 Å². The zero-order valence-corrected chi connectivity index (χ0v) is 22.0. The van der Waals surface area contributed by atoms with Crippen LogP contribution in [0.2, 0.25) is 0 Å². The summed E-state index contributed by atoms with van der Waals surface area (Å²) >= 11 is 0. The van der Waals surface area contributed by atoms with Crippen molar-refractivity contribution in [3.63, 3.8) is 0 Å². The Bertz CT molecular complexity index is 1580. The van der Waals surface area contributed by atoms with Crippen LogP contribution in [-0.4, -0.2) is 33.3 Å². The Labute approximate surface area is 232 Å². The second-order valence-electron chi connectivity index (χ2n) is 9.36. The van der Waals surface area contributed by atoms with Gasteiger partial charge in [-0.1, -0.05) is 49.1 Å². The predicted molar refractivity (Wildman–Crippen MR) is 152 cm³/mol. The molecule has 1 fully saturated rings. The number of aliphatic hydroxyl groups excluding tert-OH is 1. The van der Waals surface area contributed by atoms with Crippen LogP contribution in [0.25, 0.3) is 5.76 Å². The second kappa shape index (κ2) is 11.7.